The van der Waals surface area contributed by atoms with Crippen LogP contribution in [0.25, 0.3) is 17.0 Å². The van der Waals surface area contributed by atoms with Gasteiger partial charge in [0.2, 0.25) is 11.8 Å². The second kappa shape index (κ2) is 7.06. The lowest BCUT2D eigenvalue weighted by atomic mass is 10.2. The fraction of sp³-hybridized carbons (Fsp3) is 0.200. The Labute approximate surface area is 146 Å². The lowest BCUT2D eigenvalue weighted by molar-refractivity contribution is -0.136. The van der Waals surface area contributed by atoms with E-state index in [4.69, 9.17) is 20.8 Å². The van der Waals surface area contributed by atoms with Gasteiger partial charge in [-0.2, -0.15) is 0 Å². The zero-order valence-corrected chi connectivity index (χ0v) is 14.1. The molecule has 0 bridgehead atoms. The van der Waals surface area contributed by atoms with Gasteiger partial charge in [0.25, 0.3) is 5.89 Å². The molecular weight excluding hydrogens is 354 g/mol. The third-order valence-electron chi connectivity index (χ3n) is 3.04. The van der Waals surface area contributed by atoms with Crippen molar-refractivity contribution >= 4 is 40.8 Å². The summed E-state index contributed by atoms with van der Waals surface area (Å²) in [4.78, 5) is 23.7. The van der Waals surface area contributed by atoms with E-state index in [9.17, 15) is 9.59 Å². The number of thioether (sulfide) groups is 1. The van der Waals surface area contributed by atoms with E-state index in [-0.39, 0.29) is 35.6 Å². The molecule has 1 aromatic carbocycles. The minimum atomic E-state index is -0.631. The number of ether oxygens (including phenoxy) is 1. The van der Waals surface area contributed by atoms with Crippen molar-refractivity contribution in [2.24, 2.45) is 0 Å². The Morgan fingerprint density at radius 2 is 2.12 bits per heavy atom. The normalized spacial score (nSPS) is 16.0. The van der Waals surface area contributed by atoms with Crippen molar-refractivity contribution in [1.29, 1.82) is 0 Å². The molecule has 0 atom stereocenters. The lowest BCUT2D eigenvalue weighted by Crippen LogP contribution is -2.18. The van der Waals surface area contributed by atoms with E-state index >= 15 is 0 Å². The number of amides is 1. The minimum absolute atomic E-state index is 0.0110. The Bertz CT molecular complexity index is 816. The Balaban J connectivity index is 1.98. The van der Waals surface area contributed by atoms with Crippen LogP contribution < -0.4 is 5.32 Å². The highest BCUT2D eigenvalue weighted by Crippen LogP contribution is 2.31. The molecular formula is C15H12ClN3O4S. The zero-order chi connectivity index (χ0) is 17.1. The standard InChI is InChI=1S/C15H12ClN3O4S/c1-2-22-15(21)11(14-17-10(20)7-24-14)13-19-18-12(23-13)8-3-5-9(16)6-4-8/h3-6H,2,7H2,1H3,(H,17,20). The van der Waals surface area contributed by atoms with Crippen molar-refractivity contribution < 1.29 is 18.7 Å². The first-order valence-corrected chi connectivity index (χ1v) is 8.38. The van der Waals surface area contributed by atoms with Crippen LogP contribution in [0, 0.1) is 0 Å². The molecule has 0 radical (unpaired) electrons. The molecule has 3 rings (SSSR count). The molecule has 1 aliphatic rings. The van der Waals surface area contributed by atoms with Crippen molar-refractivity contribution in [1.82, 2.24) is 15.5 Å². The number of nitrogens with one attached hydrogen (secondary N) is 1. The molecule has 1 aromatic heterocycles. The number of halogens is 1. The van der Waals surface area contributed by atoms with E-state index in [0.717, 1.165) is 0 Å². The van der Waals surface area contributed by atoms with Crippen LogP contribution in [0.4, 0.5) is 0 Å². The van der Waals surface area contributed by atoms with E-state index in [1.807, 2.05) is 0 Å². The van der Waals surface area contributed by atoms with Crippen LogP contribution in [0.5, 0.6) is 0 Å². The van der Waals surface area contributed by atoms with Gasteiger partial charge in [-0.15, -0.1) is 10.2 Å². The average Bonchev–Trinajstić information content (AvgIpc) is 3.19. The fourth-order valence-electron chi connectivity index (χ4n) is 1.98. The largest absolute Gasteiger partial charge is 0.462 e. The van der Waals surface area contributed by atoms with Crippen molar-refractivity contribution in [3.63, 3.8) is 0 Å². The monoisotopic (exact) mass is 365 g/mol. The van der Waals surface area contributed by atoms with Crippen molar-refractivity contribution in [3.8, 4) is 11.5 Å². The molecule has 2 aromatic rings. The highest BCUT2D eigenvalue weighted by molar-refractivity contribution is 8.04. The molecule has 7 nitrogen and oxygen atoms in total. The molecule has 0 aliphatic carbocycles. The van der Waals surface area contributed by atoms with Crippen molar-refractivity contribution in [2.45, 2.75) is 6.92 Å². The summed E-state index contributed by atoms with van der Waals surface area (Å²) >= 11 is 7.04. The molecule has 24 heavy (non-hydrogen) atoms. The second-order valence-corrected chi connectivity index (χ2v) is 6.10. The molecule has 1 aliphatic heterocycles. The summed E-state index contributed by atoms with van der Waals surface area (Å²) < 4.78 is 10.6. The molecule has 1 N–H and O–H groups in total. The van der Waals surface area contributed by atoms with Gasteiger partial charge in [-0.1, -0.05) is 23.4 Å². The maximum absolute atomic E-state index is 12.2. The Morgan fingerprint density at radius 3 is 2.75 bits per heavy atom. The Hall–Kier alpha value is -2.32. The number of hydrogen-bond donors (Lipinski definition) is 1. The third-order valence-corrected chi connectivity index (χ3v) is 4.29. The number of carbonyl (C=O) groups excluding carboxylic acids is 2. The Kier molecular flexibility index (Phi) is 4.86. The van der Waals surface area contributed by atoms with Crippen LogP contribution >= 0.6 is 23.4 Å². The average molecular weight is 366 g/mol. The minimum Gasteiger partial charge on any atom is -0.462 e. The van der Waals surface area contributed by atoms with Gasteiger partial charge >= 0.3 is 5.97 Å². The summed E-state index contributed by atoms with van der Waals surface area (Å²) in [5.74, 6) is -0.389. The van der Waals surface area contributed by atoms with Crippen LogP contribution in [0.1, 0.15) is 12.8 Å². The highest BCUT2D eigenvalue weighted by atomic mass is 35.5. The topological polar surface area (TPSA) is 94.3 Å². The van der Waals surface area contributed by atoms with Crippen molar-refractivity contribution in [3.05, 3.63) is 40.2 Å². The van der Waals surface area contributed by atoms with E-state index in [0.29, 0.717) is 15.6 Å². The number of aromatic nitrogens is 2. The summed E-state index contributed by atoms with van der Waals surface area (Å²) in [6.07, 6.45) is 0. The van der Waals surface area contributed by atoms with Gasteiger partial charge in [0.1, 0.15) is 0 Å². The van der Waals surface area contributed by atoms with Crippen LogP contribution in [-0.4, -0.2) is 34.4 Å². The smallest absolute Gasteiger partial charge is 0.346 e. The molecule has 1 saturated heterocycles. The highest BCUT2D eigenvalue weighted by Gasteiger charge is 2.29. The molecule has 124 valence electrons. The summed E-state index contributed by atoms with van der Waals surface area (Å²) in [6, 6.07) is 6.84. The van der Waals surface area contributed by atoms with Gasteiger partial charge in [0.15, 0.2) is 5.57 Å². The SMILES string of the molecule is CCOC(=O)C(=C1NC(=O)CS1)c1nnc(-c2ccc(Cl)cc2)o1. The van der Waals surface area contributed by atoms with Gasteiger partial charge in [-0.3, -0.25) is 4.79 Å². The quantitative estimate of drug-likeness (QED) is 0.657. The molecule has 1 amide bonds. The van der Waals surface area contributed by atoms with Crippen LogP contribution in [-0.2, 0) is 14.3 Å². The van der Waals surface area contributed by atoms with Gasteiger partial charge in [0, 0.05) is 10.6 Å². The van der Waals surface area contributed by atoms with Gasteiger partial charge in [-0.25, -0.2) is 4.79 Å². The first kappa shape index (κ1) is 16.5. The Morgan fingerprint density at radius 1 is 1.38 bits per heavy atom. The van der Waals surface area contributed by atoms with Gasteiger partial charge in [-0.05, 0) is 31.2 Å². The van der Waals surface area contributed by atoms with Crippen LogP contribution in [0.15, 0.2) is 33.7 Å². The molecule has 0 unspecified atom stereocenters. The lowest BCUT2D eigenvalue weighted by Gasteiger charge is -2.06. The number of nitrogens with zero attached hydrogens (tertiary/aromatic N) is 2. The summed E-state index contributed by atoms with van der Waals surface area (Å²) in [7, 11) is 0. The number of esters is 1. The second-order valence-electron chi connectivity index (χ2n) is 4.68. The zero-order valence-electron chi connectivity index (χ0n) is 12.5. The first-order chi connectivity index (χ1) is 11.6. The van der Waals surface area contributed by atoms with Crippen LogP contribution in [0.2, 0.25) is 5.02 Å². The van der Waals surface area contributed by atoms with E-state index < -0.39 is 5.97 Å². The first-order valence-electron chi connectivity index (χ1n) is 7.02. The molecule has 1 fully saturated rings. The number of carbonyl (C=O) groups is 2. The predicted octanol–water partition coefficient (Wildman–Crippen LogP) is 2.48. The molecule has 2 heterocycles. The van der Waals surface area contributed by atoms with E-state index in [1.165, 1.54) is 11.8 Å². The molecule has 0 saturated carbocycles. The maximum Gasteiger partial charge on any atom is 0.346 e. The third kappa shape index (κ3) is 3.44. The molecule has 9 heteroatoms. The van der Waals surface area contributed by atoms with E-state index in [1.54, 1.807) is 31.2 Å². The van der Waals surface area contributed by atoms with Gasteiger partial charge in [0.05, 0.1) is 17.4 Å². The fourth-order valence-corrected chi connectivity index (χ4v) is 2.96. The summed E-state index contributed by atoms with van der Waals surface area (Å²) in [5, 5.41) is 11.4. The summed E-state index contributed by atoms with van der Waals surface area (Å²) in [6.45, 7) is 1.87. The van der Waals surface area contributed by atoms with Crippen molar-refractivity contribution in [2.75, 3.05) is 12.4 Å². The predicted molar refractivity (Wildman–Crippen MR) is 88.9 cm³/mol. The van der Waals surface area contributed by atoms with Gasteiger partial charge < -0.3 is 14.5 Å². The number of rotatable bonds is 4. The maximum atomic E-state index is 12.2. The van der Waals surface area contributed by atoms with E-state index in [2.05, 4.69) is 15.5 Å². The number of hydrogen-bond acceptors (Lipinski definition) is 7. The summed E-state index contributed by atoms with van der Waals surface area (Å²) in [5.41, 5.74) is 0.717. The number of benzene rings is 1. The van der Waals surface area contributed by atoms with Crippen LogP contribution in [0.3, 0.4) is 0 Å². The molecule has 0 spiro atoms.